The van der Waals surface area contributed by atoms with Crippen LogP contribution < -0.4 is 5.32 Å². The molecule has 1 aliphatic rings. The lowest BCUT2D eigenvalue weighted by atomic mass is 10.1. The molecule has 1 heterocycles. The van der Waals surface area contributed by atoms with E-state index in [4.69, 9.17) is 10.00 Å². The molecule has 1 N–H and O–H groups in total. The maximum Gasteiger partial charge on any atom is 0.410 e. The van der Waals surface area contributed by atoms with Crippen LogP contribution in [0, 0.1) is 21.4 Å². The van der Waals surface area contributed by atoms with E-state index in [-0.39, 0.29) is 23.4 Å². The molecule has 1 aromatic rings. The number of nitro groups is 1. The Bertz CT molecular complexity index is 690. The number of nitrogens with zero attached hydrogens (tertiary/aromatic N) is 3. The van der Waals surface area contributed by atoms with Crippen molar-refractivity contribution in [3.05, 3.63) is 33.9 Å². The summed E-state index contributed by atoms with van der Waals surface area (Å²) in [5.41, 5.74) is -0.136. The van der Waals surface area contributed by atoms with Crippen LogP contribution >= 0.6 is 0 Å². The van der Waals surface area contributed by atoms with E-state index in [9.17, 15) is 14.9 Å². The number of hydrogen-bond donors (Lipinski definition) is 1. The predicted molar refractivity (Wildman–Crippen MR) is 87.6 cm³/mol. The summed E-state index contributed by atoms with van der Waals surface area (Å²) in [7, 11) is 0. The Hall–Kier alpha value is -2.82. The Balaban J connectivity index is 2.05. The molecule has 24 heavy (non-hydrogen) atoms. The van der Waals surface area contributed by atoms with Gasteiger partial charge in [-0.15, -0.1) is 0 Å². The van der Waals surface area contributed by atoms with Crippen molar-refractivity contribution in [1.29, 1.82) is 5.26 Å². The summed E-state index contributed by atoms with van der Waals surface area (Å²) in [4.78, 5) is 24.3. The van der Waals surface area contributed by atoms with Gasteiger partial charge in [0.2, 0.25) is 0 Å². The summed E-state index contributed by atoms with van der Waals surface area (Å²) in [6.45, 7) is 6.34. The van der Waals surface area contributed by atoms with Crippen LogP contribution in [0.5, 0.6) is 0 Å². The van der Waals surface area contributed by atoms with E-state index in [2.05, 4.69) is 5.32 Å². The first kappa shape index (κ1) is 17.5. The average molecular weight is 332 g/mol. The minimum absolute atomic E-state index is 0.107. The van der Waals surface area contributed by atoms with Crippen LogP contribution in [0.25, 0.3) is 0 Å². The zero-order valence-electron chi connectivity index (χ0n) is 13.9. The smallest absolute Gasteiger partial charge is 0.410 e. The highest BCUT2D eigenvalue weighted by Crippen LogP contribution is 2.28. The first-order valence-electron chi connectivity index (χ1n) is 7.62. The van der Waals surface area contributed by atoms with Crippen molar-refractivity contribution in [2.24, 2.45) is 0 Å². The third-order valence-corrected chi connectivity index (χ3v) is 3.52. The average Bonchev–Trinajstić information content (AvgIpc) is 2.94. The van der Waals surface area contributed by atoms with Gasteiger partial charge in [0, 0.05) is 25.2 Å². The first-order chi connectivity index (χ1) is 11.2. The lowest BCUT2D eigenvalue weighted by Gasteiger charge is -2.24. The number of nitriles is 1. The van der Waals surface area contributed by atoms with Crippen molar-refractivity contribution in [2.75, 3.05) is 18.4 Å². The number of nitrogens with one attached hydrogen (secondary N) is 1. The topological polar surface area (TPSA) is 108 Å². The van der Waals surface area contributed by atoms with E-state index in [1.807, 2.05) is 6.07 Å². The van der Waals surface area contributed by atoms with Crippen molar-refractivity contribution in [3.63, 3.8) is 0 Å². The van der Waals surface area contributed by atoms with E-state index >= 15 is 0 Å². The maximum absolute atomic E-state index is 12.0. The van der Waals surface area contributed by atoms with Gasteiger partial charge >= 0.3 is 6.09 Å². The van der Waals surface area contributed by atoms with Crippen molar-refractivity contribution in [3.8, 4) is 6.07 Å². The normalized spacial score (nSPS) is 17.2. The molecule has 0 radical (unpaired) electrons. The van der Waals surface area contributed by atoms with Gasteiger partial charge < -0.3 is 15.0 Å². The molecule has 1 aromatic carbocycles. The van der Waals surface area contributed by atoms with Crippen molar-refractivity contribution in [2.45, 2.75) is 38.8 Å². The molecule has 0 aliphatic carbocycles. The summed E-state index contributed by atoms with van der Waals surface area (Å²) < 4.78 is 5.33. The molecule has 1 aliphatic heterocycles. The highest BCUT2D eigenvalue weighted by atomic mass is 16.6. The second-order valence-electron chi connectivity index (χ2n) is 6.66. The molecule has 1 saturated heterocycles. The van der Waals surface area contributed by atoms with Crippen LogP contribution in [-0.4, -0.2) is 40.6 Å². The first-order valence-corrected chi connectivity index (χ1v) is 7.62. The van der Waals surface area contributed by atoms with Crippen LogP contribution in [0.4, 0.5) is 16.2 Å². The summed E-state index contributed by atoms with van der Waals surface area (Å²) in [6, 6.07) is 6.06. The molecule has 2 rings (SSSR count). The number of benzene rings is 1. The Morgan fingerprint density at radius 2 is 2.21 bits per heavy atom. The number of amides is 1. The van der Waals surface area contributed by atoms with Gasteiger partial charge in [0.1, 0.15) is 11.3 Å². The van der Waals surface area contributed by atoms with Crippen LogP contribution in [-0.2, 0) is 4.74 Å². The number of carbonyl (C=O) groups is 1. The number of ether oxygens (including phenoxy) is 1. The molecule has 1 atom stereocenters. The lowest BCUT2D eigenvalue weighted by Crippen LogP contribution is -2.36. The molecule has 8 heteroatoms. The van der Waals surface area contributed by atoms with Crippen LogP contribution in [0.15, 0.2) is 18.2 Å². The minimum Gasteiger partial charge on any atom is -0.444 e. The molecular formula is C16H20N4O4. The number of carbonyl (C=O) groups excluding carboxylic acids is 1. The molecule has 0 saturated carbocycles. The maximum atomic E-state index is 12.0. The molecule has 8 nitrogen and oxygen atoms in total. The zero-order valence-corrected chi connectivity index (χ0v) is 13.9. The predicted octanol–water partition coefficient (Wildman–Crippen LogP) is 2.89. The van der Waals surface area contributed by atoms with E-state index in [1.165, 1.54) is 18.2 Å². The summed E-state index contributed by atoms with van der Waals surface area (Å²) >= 11 is 0. The Labute approximate surface area is 140 Å². The number of nitro benzene ring substituents is 1. The number of rotatable bonds is 3. The Morgan fingerprint density at radius 1 is 1.50 bits per heavy atom. The number of hydrogen-bond acceptors (Lipinski definition) is 6. The van der Waals surface area contributed by atoms with E-state index < -0.39 is 10.5 Å². The fourth-order valence-corrected chi connectivity index (χ4v) is 2.46. The van der Waals surface area contributed by atoms with Gasteiger partial charge in [0.25, 0.3) is 5.69 Å². The third-order valence-electron chi connectivity index (χ3n) is 3.52. The van der Waals surface area contributed by atoms with Gasteiger partial charge in [-0.25, -0.2) is 4.79 Å². The van der Waals surface area contributed by atoms with Gasteiger partial charge in [-0.1, -0.05) is 0 Å². The van der Waals surface area contributed by atoms with Crippen molar-refractivity contribution < 1.29 is 14.5 Å². The monoisotopic (exact) mass is 332 g/mol. The quantitative estimate of drug-likeness (QED) is 0.673. The SMILES string of the molecule is CC(C)(C)OC(=O)N1CC[C@H](Nc2ccc(C#N)cc2[N+](=O)[O-])C1. The van der Waals surface area contributed by atoms with Gasteiger partial charge in [0.05, 0.1) is 16.6 Å². The van der Waals surface area contributed by atoms with Gasteiger partial charge in [-0.3, -0.25) is 10.1 Å². The summed E-state index contributed by atoms with van der Waals surface area (Å²) in [5.74, 6) is 0. The van der Waals surface area contributed by atoms with Crippen LogP contribution in [0.1, 0.15) is 32.8 Å². The summed E-state index contributed by atoms with van der Waals surface area (Å²) in [6.07, 6.45) is 0.275. The van der Waals surface area contributed by atoms with Gasteiger partial charge in [-0.05, 0) is 39.3 Å². The van der Waals surface area contributed by atoms with Gasteiger partial charge in [-0.2, -0.15) is 5.26 Å². The third kappa shape index (κ3) is 4.35. The van der Waals surface area contributed by atoms with E-state index in [0.717, 1.165) is 0 Å². The second kappa shape index (κ2) is 6.74. The Morgan fingerprint density at radius 3 is 2.79 bits per heavy atom. The number of likely N-dealkylation sites (tertiary alicyclic amines) is 1. The van der Waals surface area contributed by atoms with Crippen LogP contribution in [0.3, 0.4) is 0 Å². The zero-order chi connectivity index (χ0) is 17.9. The molecule has 0 spiro atoms. The molecule has 0 bridgehead atoms. The number of anilines is 1. The molecule has 1 amide bonds. The molecule has 0 unspecified atom stereocenters. The fraction of sp³-hybridized carbons (Fsp3) is 0.500. The molecule has 128 valence electrons. The Kier molecular flexibility index (Phi) is 4.93. The fourth-order valence-electron chi connectivity index (χ4n) is 2.46. The highest BCUT2D eigenvalue weighted by molar-refractivity contribution is 5.69. The molecular weight excluding hydrogens is 312 g/mol. The molecule has 0 aromatic heterocycles. The lowest BCUT2D eigenvalue weighted by molar-refractivity contribution is -0.384. The van der Waals surface area contributed by atoms with Crippen molar-refractivity contribution in [1.82, 2.24) is 4.90 Å². The molecule has 1 fully saturated rings. The minimum atomic E-state index is -0.561. The van der Waals surface area contributed by atoms with E-state index in [1.54, 1.807) is 25.7 Å². The van der Waals surface area contributed by atoms with Crippen molar-refractivity contribution >= 4 is 17.5 Å². The van der Waals surface area contributed by atoms with Crippen LogP contribution in [0.2, 0.25) is 0 Å². The summed E-state index contributed by atoms with van der Waals surface area (Å²) in [5, 5.41) is 23.1. The standard InChI is InChI=1S/C16H20N4O4/c1-16(2,3)24-15(21)19-7-6-12(10-19)18-13-5-4-11(9-17)8-14(13)20(22)23/h4-5,8,12,18H,6-7,10H2,1-3H3/t12-/m0/s1. The second-order valence-corrected chi connectivity index (χ2v) is 6.66. The van der Waals surface area contributed by atoms with E-state index in [0.29, 0.717) is 25.2 Å². The highest BCUT2D eigenvalue weighted by Gasteiger charge is 2.30. The largest absolute Gasteiger partial charge is 0.444 e. The van der Waals surface area contributed by atoms with Gasteiger partial charge in [0.15, 0.2) is 0 Å².